The third-order valence-corrected chi connectivity index (χ3v) is 5.10. The molecule has 1 aliphatic carbocycles. The topological polar surface area (TPSA) is 29.9 Å². The number of nitrogens with one attached hydrogen (secondary N) is 1. The van der Waals surface area contributed by atoms with Gasteiger partial charge in [-0.25, -0.2) is 4.39 Å². The fourth-order valence-electron chi connectivity index (χ4n) is 3.35. The van der Waals surface area contributed by atoms with Gasteiger partial charge in [0.05, 0.1) is 17.1 Å². The van der Waals surface area contributed by atoms with E-state index in [1.807, 2.05) is 13.0 Å². The number of aromatic amines is 1. The molecular formula is C16H21FN2OS. The molecule has 1 fully saturated rings. The van der Waals surface area contributed by atoms with Crippen LogP contribution in [0.5, 0.6) is 0 Å². The highest BCUT2D eigenvalue weighted by atomic mass is 32.1. The summed E-state index contributed by atoms with van der Waals surface area (Å²) >= 11 is 5.47. The summed E-state index contributed by atoms with van der Waals surface area (Å²) in [6.45, 7) is 8.94. The third kappa shape index (κ3) is 2.14. The first-order chi connectivity index (χ1) is 9.86. The lowest BCUT2D eigenvalue weighted by molar-refractivity contribution is -0.127. The molecule has 1 aromatic heterocycles. The maximum Gasteiger partial charge on any atom is 0.178 e. The van der Waals surface area contributed by atoms with Gasteiger partial charge in [-0.3, -0.25) is 0 Å². The summed E-state index contributed by atoms with van der Waals surface area (Å²) in [7, 11) is 0. The average molecular weight is 308 g/mol. The summed E-state index contributed by atoms with van der Waals surface area (Å²) in [5.74, 6) is -0.203. The molecule has 0 radical (unpaired) electrons. The highest BCUT2D eigenvalue weighted by molar-refractivity contribution is 7.71. The van der Waals surface area contributed by atoms with Crippen LogP contribution in [0.2, 0.25) is 0 Å². The molecule has 0 amide bonds. The van der Waals surface area contributed by atoms with Crippen LogP contribution in [0.1, 0.15) is 38.8 Å². The minimum Gasteiger partial charge on any atom is -0.378 e. The number of ether oxygens (including phenoxy) is 1. The van der Waals surface area contributed by atoms with Crippen molar-refractivity contribution < 1.29 is 9.13 Å². The van der Waals surface area contributed by atoms with Crippen LogP contribution in [0.25, 0.3) is 11.0 Å². The smallest absolute Gasteiger partial charge is 0.178 e. The Morgan fingerprint density at radius 3 is 2.81 bits per heavy atom. The highest BCUT2D eigenvalue weighted by Crippen LogP contribution is 2.52. The van der Waals surface area contributed by atoms with Gasteiger partial charge in [0.1, 0.15) is 5.82 Å². The summed E-state index contributed by atoms with van der Waals surface area (Å²) in [4.78, 5) is 3.13. The summed E-state index contributed by atoms with van der Waals surface area (Å²) in [5, 5.41) is 0. The molecular weight excluding hydrogens is 287 g/mol. The Labute approximate surface area is 129 Å². The molecule has 2 unspecified atom stereocenters. The van der Waals surface area contributed by atoms with E-state index in [9.17, 15) is 4.39 Å². The largest absolute Gasteiger partial charge is 0.378 e. The number of halogens is 1. The Bertz CT molecular complexity index is 747. The predicted molar refractivity (Wildman–Crippen MR) is 84.7 cm³/mol. The molecule has 2 aromatic rings. The monoisotopic (exact) mass is 308 g/mol. The number of imidazole rings is 1. The number of H-pyrrole nitrogens is 1. The van der Waals surface area contributed by atoms with Gasteiger partial charge in [-0.05, 0) is 50.2 Å². The number of fused-ring (bicyclic) bond motifs is 1. The van der Waals surface area contributed by atoms with Gasteiger partial charge < -0.3 is 14.3 Å². The van der Waals surface area contributed by atoms with E-state index in [4.69, 9.17) is 17.0 Å². The minimum absolute atomic E-state index is 0.0195. The fourth-order valence-corrected chi connectivity index (χ4v) is 3.68. The second-order valence-corrected chi connectivity index (χ2v) is 6.82. The van der Waals surface area contributed by atoms with Crippen molar-refractivity contribution in [2.45, 2.75) is 46.3 Å². The van der Waals surface area contributed by atoms with Gasteiger partial charge in [-0.1, -0.05) is 13.8 Å². The van der Waals surface area contributed by atoms with Crippen LogP contribution >= 0.6 is 12.2 Å². The molecule has 2 atom stereocenters. The van der Waals surface area contributed by atoms with E-state index < -0.39 is 0 Å². The Morgan fingerprint density at radius 2 is 2.19 bits per heavy atom. The van der Waals surface area contributed by atoms with Crippen molar-refractivity contribution in [1.29, 1.82) is 0 Å². The molecule has 114 valence electrons. The number of hydrogen-bond acceptors (Lipinski definition) is 2. The van der Waals surface area contributed by atoms with Crippen molar-refractivity contribution >= 4 is 23.3 Å². The van der Waals surface area contributed by atoms with Gasteiger partial charge in [0, 0.05) is 18.1 Å². The minimum atomic E-state index is -0.203. The molecule has 0 aliphatic heterocycles. The molecule has 0 saturated heterocycles. The maximum atomic E-state index is 13.7. The number of aromatic nitrogens is 2. The molecule has 1 N–H and O–H groups in total. The summed E-state index contributed by atoms with van der Waals surface area (Å²) < 4.78 is 22.3. The number of rotatable bonds is 3. The highest BCUT2D eigenvalue weighted by Gasteiger charge is 2.50. The molecule has 3 nitrogen and oxygen atoms in total. The predicted octanol–water partition coefficient (Wildman–Crippen LogP) is 4.52. The molecule has 0 bridgehead atoms. The lowest BCUT2D eigenvalue weighted by atomic mass is 9.64. The van der Waals surface area contributed by atoms with Gasteiger partial charge in [0.15, 0.2) is 4.77 Å². The van der Waals surface area contributed by atoms with Crippen LogP contribution in [0, 0.1) is 22.9 Å². The summed E-state index contributed by atoms with van der Waals surface area (Å²) in [5.41, 5.74) is 2.40. The quantitative estimate of drug-likeness (QED) is 0.845. The normalized spacial score (nSPS) is 24.2. The van der Waals surface area contributed by atoms with Crippen molar-refractivity contribution in [2.75, 3.05) is 6.61 Å². The molecule has 1 heterocycles. The number of benzene rings is 1. The molecule has 0 spiro atoms. The lowest BCUT2D eigenvalue weighted by Gasteiger charge is -2.52. The molecule has 1 aliphatic rings. The molecule has 1 saturated carbocycles. The van der Waals surface area contributed by atoms with E-state index in [2.05, 4.69) is 23.4 Å². The Kier molecular flexibility index (Phi) is 3.45. The second-order valence-electron chi connectivity index (χ2n) is 6.44. The first-order valence-corrected chi connectivity index (χ1v) is 7.79. The van der Waals surface area contributed by atoms with Crippen LogP contribution in [0.4, 0.5) is 4.39 Å². The number of aryl methyl sites for hydroxylation is 1. The van der Waals surface area contributed by atoms with Crippen molar-refractivity contribution in [3.05, 3.63) is 28.3 Å². The van der Waals surface area contributed by atoms with Gasteiger partial charge >= 0.3 is 0 Å². The van der Waals surface area contributed by atoms with E-state index in [0.717, 1.165) is 24.1 Å². The maximum absolute atomic E-state index is 13.7. The van der Waals surface area contributed by atoms with Gasteiger partial charge in [-0.2, -0.15) is 0 Å². The molecule has 5 heteroatoms. The average Bonchev–Trinajstić information content (AvgIpc) is 2.70. The summed E-state index contributed by atoms with van der Waals surface area (Å²) in [6, 6.07) is 3.68. The summed E-state index contributed by atoms with van der Waals surface area (Å²) in [6.07, 6.45) is 1.19. The first kappa shape index (κ1) is 14.7. The Hall–Kier alpha value is -1.20. The van der Waals surface area contributed by atoms with E-state index in [1.165, 1.54) is 6.07 Å². The zero-order chi connectivity index (χ0) is 15.4. The van der Waals surface area contributed by atoms with Crippen LogP contribution in [-0.4, -0.2) is 22.3 Å². The standard InChI is InChI=1S/C16H21FN2OS/c1-5-20-14-8-13(16(14,3)4)19-12-6-9(2)10(17)7-11(12)18-15(19)21/h6-7,13-14H,5,8H2,1-4H3,(H,18,21). The van der Waals surface area contributed by atoms with Gasteiger partial charge in [0.25, 0.3) is 0 Å². The molecule has 21 heavy (non-hydrogen) atoms. The lowest BCUT2D eigenvalue weighted by Crippen LogP contribution is -2.51. The fraction of sp³-hybridized carbons (Fsp3) is 0.562. The van der Waals surface area contributed by atoms with Crippen LogP contribution in [-0.2, 0) is 4.74 Å². The Morgan fingerprint density at radius 1 is 1.48 bits per heavy atom. The van der Waals surface area contributed by atoms with Crippen LogP contribution in [0.15, 0.2) is 12.1 Å². The third-order valence-electron chi connectivity index (χ3n) is 4.80. The zero-order valence-corrected chi connectivity index (χ0v) is 13.7. The Balaban J connectivity index is 2.08. The van der Waals surface area contributed by atoms with Crippen molar-refractivity contribution in [2.24, 2.45) is 5.41 Å². The number of hydrogen-bond donors (Lipinski definition) is 1. The van der Waals surface area contributed by atoms with E-state index in [1.54, 1.807) is 6.92 Å². The zero-order valence-electron chi connectivity index (χ0n) is 12.9. The molecule has 1 aromatic carbocycles. The second kappa shape index (κ2) is 4.92. The van der Waals surface area contributed by atoms with E-state index in [-0.39, 0.29) is 23.4 Å². The van der Waals surface area contributed by atoms with Crippen LogP contribution < -0.4 is 0 Å². The van der Waals surface area contributed by atoms with Crippen molar-refractivity contribution in [1.82, 2.24) is 9.55 Å². The first-order valence-electron chi connectivity index (χ1n) is 7.38. The molecule has 3 rings (SSSR count). The SMILES string of the molecule is CCOC1CC(n2c(=S)[nH]c3cc(F)c(C)cc32)C1(C)C. The van der Waals surface area contributed by atoms with E-state index >= 15 is 0 Å². The van der Waals surface area contributed by atoms with Crippen LogP contribution in [0.3, 0.4) is 0 Å². The number of nitrogens with zero attached hydrogens (tertiary/aromatic N) is 1. The van der Waals surface area contributed by atoms with Gasteiger partial charge in [-0.15, -0.1) is 0 Å². The van der Waals surface area contributed by atoms with Crippen molar-refractivity contribution in [3.8, 4) is 0 Å². The van der Waals surface area contributed by atoms with Crippen molar-refractivity contribution in [3.63, 3.8) is 0 Å². The van der Waals surface area contributed by atoms with E-state index in [0.29, 0.717) is 10.3 Å². The van der Waals surface area contributed by atoms with Gasteiger partial charge in [0.2, 0.25) is 0 Å².